The fourth-order valence-electron chi connectivity index (χ4n) is 3.32. The van der Waals surface area contributed by atoms with Gasteiger partial charge in [0, 0.05) is 26.2 Å². The van der Waals surface area contributed by atoms with Gasteiger partial charge in [-0.15, -0.1) is 0 Å². The van der Waals surface area contributed by atoms with Crippen molar-refractivity contribution in [3.05, 3.63) is 59.7 Å². The number of benzene rings is 1. The van der Waals surface area contributed by atoms with E-state index in [0.717, 1.165) is 0 Å². The maximum absolute atomic E-state index is 12.9. The summed E-state index contributed by atoms with van der Waals surface area (Å²) >= 11 is 0. The first kappa shape index (κ1) is 21.1. The van der Waals surface area contributed by atoms with Crippen LogP contribution in [0.4, 0.5) is 10.3 Å². The summed E-state index contributed by atoms with van der Waals surface area (Å²) in [7, 11) is 0. The summed E-state index contributed by atoms with van der Waals surface area (Å²) in [4.78, 5) is 31.9. The van der Waals surface area contributed by atoms with Crippen LogP contribution < -0.4 is 4.90 Å². The molecule has 164 valence electrons. The highest BCUT2D eigenvalue weighted by molar-refractivity contribution is 5.81. The van der Waals surface area contributed by atoms with Gasteiger partial charge in [0.1, 0.15) is 11.9 Å². The van der Waals surface area contributed by atoms with Crippen molar-refractivity contribution in [2.45, 2.75) is 6.42 Å². The van der Waals surface area contributed by atoms with Crippen molar-refractivity contribution in [3.63, 3.8) is 0 Å². The fourth-order valence-corrected chi connectivity index (χ4v) is 3.32. The Morgan fingerprint density at radius 3 is 2.56 bits per heavy atom. The molecule has 0 aliphatic carbocycles. The zero-order valence-corrected chi connectivity index (χ0v) is 17.0. The van der Waals surface area contributed by atoms with Gasteiger partial charge >= 0.3 is 5.97 Å². The van der Waals surface area contributed by atoms with Crippen LogP contribution in [-0.4, -0.2) is 54.5 Å². The molecule has 2 aromatic heterocycles. The first-order valence-corrected chi connectivity index (χ1v) is 9.91. The Labute approximate surface area is 182 Å². The minimum atomic E-state index is -0.561. The average Bonchev–Trinajstić information content (AvgIpc) is 3.49. The van der Waals surface area contributed by atoms with Crippen molar-refractivity contribution in [2.24, 2.45) is 0 Å². The van der Waals surface area contributed by atoms with Gasteiger partial charge in [-0.3, -0.25) is 9.59 Å². The molecule has 0 spiro atoms. The molecule has 3 aromatic rings. The number of carbonyl (C=O) groups excluding carboxylic acids is 2. The Balaban J connectivity index is 1.28. The number of nitriles is 1. The van der Waals surface area contributed by atoms with Crippen LogP contribution >= 0.6 is 0 Å². The number of carbonyl (C=O) groups is 2. The van der Waals surface area contributed by atoms with Crippen LogP contribution in [0.15, 0.2) is 51.5 Å². The third-order valence-electron chi connectivity index (χ3n) is 4.99. The summed E-state index contributed by atoms with van der Waals surface area (Å²) < 4.78 is 29.0. The van der Waals surface area contributed by atoms with Crippen LogP contribution in [0, 0.1) is 17.1 Å². The predicted octanol–water partition coefficient (Wildman–Crippen LogP) is 2.38. The molecule has 4 rings (SSSR count). The monoisotopic (exact) mass is 438 g/mol. The number of aromatic nitrogens is 1. The topological polar surface area (TPSA) is 113 Å². The van der Waals surface area contributed by atoms with Crippen molar-refractivity contribution in [3.8, 4) is 17.7 Å². The molecule has 0 bridgehead atoms. The van der Waals surface area contributed by atoms with Crippen molar-refractivity contribution in [1.82, 2.24) is 9.88 Å². The lowest BCUT2D eigenvalue weighted by molar-refractivity contribution is -0.151. The second kappa shape index (κ2) is 9.34. The molecule has 0 N–H and O–H groups in total. The van der Waals surface area contributed by atoms with E-state index in [1.54, 1.807) is 17.0 Å². The van der Waals surface area contributed by atoms with E-state index in [2.05, 4.69) is 4.98 Å². The molecule has 0 saturated carbocycles. The van der Waals surface area contributed by atoms with Gasteiger partial charge in [0.15, 0.2) is 12.4 Å². The summed E-state index contributed by atoms with van der Waals surface area (Å²) in [5, 5.41) is 9.38. The smallest absolute Gasteiger partial charge is 0.310 e. The van der Waals surface area contributed by atoms with Gasteiger partial charge in [0.05, 0.1) is 12.7 Å². The van der Waals surface area contributed by atoms with Crippen molar-refractivity contribution in [1.29, 1.82) is 5.26 Å². The van der Waals surface area contributed by atoms with Crippen molar-refractivity contribution < 1.29 is 27.6 Å². The Hall–Kier alpha value is -4.13. The summed E-state index contributed by atoms with van der Waals surface area (Å²) in [6, 6.07) is 10.9. The van der Waals surface area contributed by atoms with Gasteiger partial charge in [0.25, 0.3) is 11.8 Å². The summed E-state index contributed by atoms with van der Waals surface area (Å²) in [6.45, 7) is 1.23. The van der Waals surface area contributed by atoms with Gasteiger partial charge in [-0.25, -0.2) is 4.39 Å². The van der Waals surface area contributed by atoms with E-state index >= 15 is 0 Å². The van der Waals surface area contributed by atoms with Crippen LogP contribution in [0.5, 0.6) is 0 Å². The highest BCUT2D eigenvalue weighted by Crippen LogP contribution is 2.29. The van der Waals surface area contributed by atoms with Gasteiger partial charge in [-0.05, 0) is 29.8 Å². The molecule has 0 atom stereocenters. The molecule has 1 aliphatic heterocycles. The van der Waals surface area contributed by atoms with E-state index in [0.29, 0.717) is 43.4 Å². The van der Waals surface area contributed by atoms with E-state index in [1.807, 2.05) is 11.0 Å². The molecule has 1 amide bonds. The number of hydrogen-bond acceptors (Lipinski definition) is 8. The molecule has 3 heterocycles. The van der Waals surface area contributed by atoms with Crippen LogP contribution in [0.3, 0.4) is 0 Å². The Bertz CT molecular complexity index is 1130. The zero-order valence-electron chi connectivity index (χ0n) is 17.0. The lowest BCUT2D eigenvalue weighted by Gasteiger charge is -2.34. The number of ether oxygens (including phenoxy) is 1. The second-order valence-corrected chi connectivity index (χ2v) is 7.09. The number of esters is 1. The third kappa shape index (κ3) is 4.78. The van der Waals surface area contributed by atoms with Crippen molar-refractivity contribution in [2.75, 3.05) is 37.7 Å². The fraction of sp³-hybridized carbons (Fsp3) is 0.273. The summed E-state index contributed by atoms with van der Waals surface area (Å²) in [5.74, 6) is -0.296. The number of hydrogen-bond donors (Lipinski definition) is 0. The second-order valence-electron chi connectivity index (χ2n) is 7.09. The highest BCUT2D eigenvalue weighted by Gasteiger charge is 2.27. The van der Waals surface area contributed by atoms with E-state index in [-0.39, 0.29) is 36.3 Å². The van der Waals surface area contributed by atoms with Crippen LogP contribution in [0.1, 0.15) is 11.3 Å². The standard InChI is InChI=1S/C22H19FN4O5/c23-16-5-3-15(4-6-16)12-20(29)31-14-19(28)26-7-9-27(10-8-26)22-17(13-24)25-21(32-22)18-2-1-11-30-18/h1-6,11H,7-10,12,14H2. The summed E-state index contributed by atoms with van der Waals surface area (Å²) in [6.07, 6.45) is 1.45. The molecule has 1 saturated heterocycles. The Morgan fingerprint density at radius 1 is 1.16 bits per heavy atom. The molecule has 1 aliphatic rings. The predicted molar refractivity (Wildman–Crippen MR) is 109 cm³/mol. The minimum absolute atomic E-state index is 0.0399. The average molecular weight is 438 g/mol. The number of piperazine rings is 1. The van der Waals surface area contributed by atoms with Gasteiger partial charge in [-0.2, -0.15) is 10.2 Å². The maximum atomic E-state index is 12.9. The van der Waals surface area contributed by atoms with E-state index < -0.39 is 5.97 Å². The Morgan fingerprint density at radius 2 is 1.91 bits per heavy atom. The normalized spacial score (nSPS) is 13.6. The molecule has 0 radical (unpaired) electrons. The number of oxazole rings is 1. The Kier molecular flexibility index (Phi) is 6.17. The number of anilines is 1. The number of furan rings is 1. The van der Waals surface area contributed by atoms with Crippen LogP contribution in [-0.2, 0) is 20.7 Å². The highest BCUT2D eigenvalue weighted by atomic mass is 19.1. The molecule has 9 nitrogen and oxygen atoms in total. The van der Waals surface area contributed by atoms with E-state index in [9.17, 15) is 19.2 Å². The van der Waals surface area contributed by atoms with Gasteiger partial charge in [0.2, 0.25) is 11.6 Å². The molecule has 32 heavy (non-hydrogen) atoms. The molecule has 10 heteroatoms. The van der Waals surface area contributed by atoms with E-state index in [1.165, 1.54) is 30.5 Å². The van der Waals surface area contributed by atoms with Crippen molar-refractivity contribution >= 4 is 17.8 Å². The van der Waals surface area contributed by atoms with E-state index in [4.69, 9.17) is 13.6 Å². The largest absolute Gasteiger partial charge is 0.459 e. The number of rotatable bonds is 6. The summed E-state index contributed by atoms with van der Waals surface area (Å²) in [5.41, 5.74) is 0.748. The first-order chi connectivity index (χ1) is 15.5. The minimum Gasteiger partial charge on any atom is -0.459 e. The van der Waals surface area contributed by atoms with Gasteiger partial charge < -0.3 is 23.4 Å². The van der Waals surface area contributed by atoms with Gasteiger partial charge in [-0.1, -0.05) is 12.1 Å². The van der Waals surface area contributed by atoms with Crippen LogP contribution in [0.2, 0.25) is 0 Å². The first-order valence-electron chi connectivity index (χ1n) is 9.91. The SMILES string of the molecule is N#Cc1nc(-c2ccco2)oc1N1CCN(C(=O)COC(=O)Cc2ccc(F)cc2)CC1. The number of amides is 1. The lowest BCUT2D eigenvalue weighted by atomic mass is 10.1. The molecular formula is C22H19FN4O5. The zero-order chi connectivity index (χ0) is 22.5. The number of nitrogens with zero attached hydrogens (tertiary/aromatic N) is 4. The third-order valence-corrected chi connectivity index (χ3v) is 4.99. The molecule has 1 fully saturated rings. The quantitative estimate of drug-likeness (QED) is 0.539. The molecule has 0 unspecified atom stereocenters. The molecule has 1 aromatic carbocycles. The number of halogens is 1. The van der Waals surface area contributed by atoms with Crippen LogP contribution in [0.25, 0.3) is 11.7 Å². The maximum Gasteiger partial charge on any atom is 0.310 e. The lowest BCUT2D eigenvalue weighted by Crippen LogP contribution is -2.50. The molecular weight excluding hydrogens is 419 g/mol.